The van der Waals surface area contributed by atoms with Gasteiger partial charge in [-0.05, 0) is 36.4 Å². The Kier molecular flexibility index (Phi) is 5.13. The molecule has 15 heteroatoms. The first-order valence-electron chi connectivity index (χ1n) is 9.22. The first-order valence-corrected chi connectivity index (χ1v) is 10.7. The Morgan fingerprint density at radius 3 is 2.21 bits per heavy atom. The number of aromatic amines is 1. The van der Waals surface area contributed by atoms with Crippen LogP contribution in [0.1, 0.15) is 5.56 Å². The first-order chi connectivity index (χ1) is 15.8. The van der Waals surface area contributed by atoms with Crippen LogP contribution >= 0.6 is 0 Å². The van der Waals surface area contributed by atoms with E-state index in [9.17, 15) is 40.4 Å². The molecule has 5 N–H and O–H groups in total. The molecule has 2 heterocycles. The third-order valence-corrected chi connectivity index (χ3v) is 6.52. The molecule has 34 heavy (non-hydrogen) atoms. The van der Waals surface area contributed by atoms with Crippen LogP contribution in [0.15, 0.2) is 63.0 Å². The number of hydrogen-bond acceptors (Lipinski definition) is 6. The predicted octanol–water partition coefficient (Wildman–Crippen LogP) is 0.935. The summed E-state index contributed by atoms with van der Waals surface area (Å²) in [6.07, 6.45) is -5.71. The fraction of sp³-hybridized carbons (Fsp3) is 0.105. The van der Waals surface area contributed by atoms with Crippen molar-refractivity contribution in [2.45, 2.75) is 16.6 Å². The summed E-state index contributed by atoms with van der Waals surface area (Å²) in [6.45, 7) is 0. The quantitative estimate of drug-likeness (QED) is 0.309. The van der Waals surface area contributed by atoms with Gasteiger partial charge in [-0.3, -0.25) is 14.6 Å². The molecule has 4 rings (SSSR count). The maximum Gasteiger partial charge on any atom is 0.421 e. The Bertz CT molecular complexity index is 1550. The van der Waals surface area contributed by atoms with Gasteiger partial charge >= 0.3 is 11.9 Å². The Balaban J connectivity index is 2.04. The Hall–Kier alpha value is -3.98. The fourth-order valence-electron chi connectivity index (χ4n) is 3.51. The molecule has 10 nitrogen and oxygen atoms in total. The van der Waals surface area contributed by atoms with E-state index in [1.54, 1.807) is 10.3 Å². The molecular formula is C19H13F4N5O5S. The van der Waals surface area contributed by atoms with Crippen LogP contribution < -0.4 is 27.0 Å². The molecule has 1 amide bonds. The molecule has 1 aliphatic rings. The fourth-order valence-corrected chi connectivity index (χ4v) is 4.84. The SMILES string of the molecule is Nc1ccc(S(=O)(=O)NC2(C(F)(F)F)C(=O)Nc3c2c(=O)[nH]c(=O)n3-c2ccccc2F)cc1. The predicted molar refractivity (Wildman–Crippen MR) is 110 cm³/mol. The number of rotatable bonds is 4. The van der Waals surface area contributed by atoms with Gasteiger partial charge in [-0.15, -0.1) is 0 Å². The number of fused-ring (bicyclic) bond motifs is 1. The molecule has 178 valence electrons. The van der Waals surface area contributed by atoms with Gasteiger partial charge in [0.25, 0.3) is 11.5 Å². The lowest BCUT2D eigenvalue weighted by atomic mass is 9.93. The molecular weight excluding hydrogens is 486 g/mol. The second-order valence-corrected chi connectivity index (χ2v) is 8.83. The summed E-state index contributed by atoms with van der Waals surface area (Å²) >= 11 is 0. The highest BCUT2D eigenvalue weighted by Gasteiger charge is 2.69. The third-order valence-electron chi connectivity index (χ3n) is 5.05. The molecule has 0 radical (unpaired) electrons. The van der Waals surface area contributed by atoms with Crippen LogP contribution in [0.25, 0.3) is 5.69 Å². The number of aromatic nitrogens is 2. The van der Waals surface area contributed by atoms with Crippen molar-refractivity contribution in [2.75, 3.05) is 11.1 Å². The molecule has 0 fully saturated rings. The molecule has 0 bridgehead atoms. The molecule has 1 atom stereocenters. The minimum Gasteiger partial charge on any atom is -0.399 e. The van der Waals surface area contributed by atoms with Gasteiger partial charge in [0.2, 0.25) is 15.6 Å². The van der Waals surface area contributed by atoms with Crippen LogP contribution in [0, 0.1) is 5.82 Å². The van der Waals surface area contributed by atoms with Crippen LogP contribution in [0.5, 0.6) is 0 Å². The number of hydrogen-bond donors (Lipinski definition) is 4. The highest BCUT2D eigenvalue weighted by Crippen LogP contribution is 2.46. The number of nitrogen functional groups attached to an aromatic ring is 1. The summed E-state index contributed by atoms with van der Waals surface area (Å²) in [5, 5.41) is 1.72. The van der Waals surface area contributed by atoms with Gasteiger partial charge in [-0.25, -0.2) is 22.2 Å². The van der Waals surface area contributed by atoms with Crippen LogP contribution in [-0.4, -0.2) is 30.1 Å². The summed E-state index contributed by atoms with van der Waals surface area (Å²) in [5.41, 5.74) is -3.72. The maximum absolute atomic E-state index is 14.4. The molecule has 3 aromatic rings. The Labute approximate surface area is 187 Å². The van der Waals surface area contributed by atoms with Crippen LogP contribution in [0.4, 0.5) is 29.1 Å². The second kappa shape index (κ2) is 7.53. The largest absolute Gasteiger partial charge is 0.421 e. The Morgan fingerprint density at radius 1 is 1.00 bits per heavy atom. The van der Waals surface area contributed by atoms with E-state index in [1.807, 2.05) is 0 Å². The van der Waals surface area contributed by atoms with E-state index in [4.69, 9.17) is 5.73 Å². The summed E-state index contributed by atoms with van der Waals surface area (Å²) in [4.78, 5) is 38.6. The number of anilines is 2. The van der Waals surface area contributed by atoms with Gasteiger partial charge < -0.3 is 11.1 Å². The van der Waals surface area contributed by atoms with Gasteiger partial charge in [-0.2, -0.15) is 17.9 Å². The monoisotopic (exact) mass is 499 g/mol. The normalized spacial score (nSPS) is 17.9. The Morgan fingerprint density at radius 2 is 1.62 bits per heavy atom. The van der Waals surface area contributed by atoms with E-state index in [0.717, 1.165) is 36.4 Å². The van der Waals surface area contributed by atoms with E-state index >= 15 is 0 Å². The summed E-state index contributed by atoms with van der Waals surface area (Å²) < 4.78 is 84.9. The molecule has 0 saturated carbocycles. The third kappa shape index (κ3) is 3.36. The average molecular weight is 499 g/mol. The molecule has 0 aliphatic carbocycles. The number of nitrogens with one attached hydrogen (secondary N) is 3. The number of carbonyl (C=O) groups excluding carboxylic acids is 1. The lowest BCUT2D eigenvalue weighted by Crippen LogP contribution is -2.61. The summed E-state index contributed by atoms with van der Waals surface area (Å²) in [7, 11) is -5.09. The molecule has 2 aromatic carbocycles. The van der Waals surface area contributed by atoms with Crippen molar-refractivity contribution >= 4 is 27.4 Å². The highest BCUT2D eigenvalue weighted by atomic mass is 32.2. The number of benzene rings is 2. The zero-order chi connectivity index (χ0) is 25.1. The second-order valence-electron chi connectivity index (χ2n) is 7.15. The summed E-state index contributed by atoms with van der Waals surface area (Å²) in [6, 6.07) is 8.35. The van der Waals surface area contributed by atoms with Crippen molar-refractivity contribution < 1.29 is 30.8 Å². The van der Waals surface area contributed by atoms with E-state index in [2.05, 4.69) is 0 Å². The van der Waals surface area contributed by atoms with Gasteiger partial charge in [0, 0.05) is 5.69 Å². The average Bonchev–Trinajstić information content (AvgIpc) is 3.02. The van der Waals surface area contributed by atoms with Crippen LogP contribution in [0.3, 0.4) is 0 Å². The number of nitrogens with zero attached hydrogens (tertiary/aromatic N) is 1. The zero-order valence-electron chi connectivity index (χ0n) is 16.6. The van der Waals surface area contributed by atoms with Crippen molar-refractivity contribution in [2.24, 2.45) is 0 Å². The highest BCUT2D eigenvalue weighted by molar-refractivity contribution is 7.89. The lowest BCUT2D eigenvalue weighted by Gasteiger charge is -2.29. The van der Waals surface area contributed by atoms with E-state index < -0.39 is 66.7 Å². The van der Waals surface area contributed by atoms with Crippen LogP contribution in [-0.2, 0) is 20.4 Å². The number of alkyl halides is 3. The van der Waals surface area contributed by atoms with E-state index in [-0.39, 0.29) is 5.69 Å². The standard InChI is InChI=1S/C19H13F4N5O5S/c20-11-3-1-2-4-12(11)28-14-13(15(29)26-17(28)31)18(16(30)25-14,19(21,22)23)27-34(32,33)10-7-5-9(24)6-8-10/h1-8,27H,24H2,(H,25,30)(H,26,29,31). The van der Waals surface area contributed by atoms with Crippen molar-refractivity contribution in [3.05, 3.63) is 80.7 Å². The van der Waals surface area contributed by atoms with Crippen molar-refractivity contribution in [1.29, 1.82) is 0 Å². The molecule has 1 unspecified atom stereocenters. The smallest absolute Gasteiger partial charge is 0.399 e. The van der Waals surface area contributed by atoms with Crippen molar-refractivity contribution in [3.8, 4) is 5.69 Å². The van der Waals surface area contributed by atoms with Gasteiger partial charge in [0.05, 0.1) is 16.1 Å². The number of sulfonamides is 1. The number of nitrogens with two attached hydrogens (primary N) is 1. The first kappa shape index (κ1) is 23.2. The minimum absolute atomic E-state index is 0.110. The van der Waals surface area contributed by atoms with Crippen LogP contribution in [0.2, 0.25) is 0 Å². The number of carbonyl (C=O) groups is 1. The van der Waals surface area contributed by atoms with Gasteiger partial charge in [0.1, 0.15) is 11.6 Å². The number of para-hydroxylation sites is 1. The van der Waals surface area contributed by atoms with Crippen molar-refractivity contribution in [1.82, 2.24) is 14.3 Å². The van der Waals surface area contributed by atoms with Gasteiger partial charge in [0.15, 0.2) is 0 Å². The van der Waals surface area contributed by atoms with E-state index in [1.165, 1.54) is 16.9 Å². The van der Waals surface area contributed by atoms with E-state index in [0.29, 0.717) is 4.57 Å². The van der Waals surface area contributed by atoms with Gasteiger partial charge in [-0.1, -0.05) is 12.1 Å². The molecule has 0 saturated heterocycles. The topological polar surface area (TPSA) is 156 Å². The molecule has 0 spiro atoms. The summed E-state index contributed by atoms with van der Waals surface area (Å²) in [5.74, 6) is -4.13. The minimum atomic E-state index is -5.71. The number of halogens is 4. The zero-order valence-corrected chi connectivity index (χ0v) is 17.4. The lowest BCUT2D eigenvalue weighted by molar-refractivity contribution is -0.194. The number of H-pyrrole nitrogens is 1. The maximum atomic E-state index is 14.4. The number of amides is 1. The molecule has 1 aliphatic heterocycles. The molecule has 1 aromatic heterocycles. The van der Waals surface area contributed by atoms with Crippen molar-refractivity contribution in [3.63, 3.8) is 0 Å².